The lowest BCUT2D eigenvalue weighted by atomic mass is 10.2. The van der Waals surface area contributed by atoms with Gasteiger partial charge < -0.3 is 9.47 Å². The van der Waals surface area contributed by atoms with Crippen LogP contribution in [0, 0.1) is 10.1 Å². The second-order valence-electron chi connectivity index (χ2n) is 6.59. The molecule has 0 radical (unpaired) electrons. The number of carbonyl (C=O) groups is 1. The summed E-state index contributed by atoms with van der Waals surface area (Å²) in [6.07, 6.45) is 0.685. The van der Waals surface area contributed by atoms with Gasteiger partial charge in [0.25, 0.3) is 11.6 Å². The second kappa shape index (κ2) is 10.5. The molecule has 0 saturated carbocycles. The summed E-state index contributed by atoms with van der Waals surface area (Å²) in [6, 6.07) is 22.7. The van der Waals surface area contributed by atoms with Crippen LogP contribution in [0.3, 0.4) is 0 Å². The Morgan fingerprint density at radius 2 is 1.68 bits per heavy atom. The van der Waals surface area contributed by atoms with E-state index in [4.69, 9.17) is 9.47 Å². The molecule has 0 bridgehead atoms. The second-order valence-corrected chi connectivity index (χ2v) is 6.59. The Kier molecular flexibility index (Phi) is 7.31. The number of hydrogen-bond acceptors (Lipinski definition) is 6. The molecule has 158 valence electrons. The Bertz CT molecular complexity index is 1040. The molecular weight excluding hydrogens is 398 g/mol. The fourth-order valence-corrected chi connectivity index (χ4v) is 2.56. The summed E-state index contributed by atoms with van der Waals surface area (Å²) in [4.78, 5) is 22.3. The van der Waals surface area contributed by atoms with Gasteiger partial charge in [0.15, 0.2) is 6.10 Å². The van der Waals surface area contributed by atoms with E-state index < -0.39 is 16.9 Å². The molecule has 0 aliphatic rings. The van der Waals surface area contributed by atoms with Crippen LogP contribution in [0.15, 0.2) is 84.0 Å². The van der Waals surface area contributed by atoms with Gasteiger partial charge in [-0.15, -0.1) is 0 Å². The van der Waals surface area contributed by atoms with Crippen molar-refractivity contribution in [1.29, 1.82) is 0 Å². The van der Waals surface area contributed by atoms with Crippen molar-refractivity contribution in [2.45, 2.75) is 19.6 Å². The van der Waals surface area contributed by atoms with E-state index in [2.05, 4.69) is 10.5 Å². The highest BCUT2D eigenvalue weighted by Gasteiger charge is 2.14. The number of ether oxygens (including phenoxy) is 2. The third-order valence-corrected chi connectivity index (χ3v) is 4.25. The van der Waals surface area contributed by atoms with Crippen molar-refractivity contribution >= 4 is 17.8 Å². The summed E-state index contributed by atoms with van der Waals surface area (Å²) in [5.74, 6) is 0.635. The number of nitro groups is 1. The fourth-order valence-electron chi connectivity index (χ4n) is 2.56. The molecule has 3 aromatic carbocycles. The van der Waals surface area contributed by atoms with Crippen molar-refractivity contribution in [2.75, 3.05) is 0 Å². The first kappa shape index (κ1) is 21.5. The van der Waals surface area contributed by atoms with Gasteiger partial charge in [-0.25, -0.2) is 5.43 Å². The minimum atomic E-state index is -0.827. The molecule has 0 saturated heterocycles. The number of benzene rings is 3. The molecule has 8 heteroatoms. The molecule has 0 fully saturated rings. The minimum absolute atomic E-state index is 0.0504. The van der Waals surface area contributed by atoms with Crippen LogP contribution >= 0.6 is 0 Å². The molecule has 31 heavy (non-hydrogen) atoms. The summed E-state index contributed by atoms with van der Waals surface area (Å²) < 4.78 is 11.2. The normalized spacial score (nSPS) is 11.6. The monoisotopic (exact) mass is 419 g/mol. The van der Waals surface area contributed by atoms with Crippen LogP contribution in [0.4, 0.5) is 5.69 Å². The lowest BCUT2D eigenvalue weighted by molar-refractivity contribution is -0.384. The molecule has 0 unspecified atom stereocenters. The summed E-state index contributed by atoms with van der Waals surface area (Å²) in [6.45, 7) is 2.04. The van der Waals surface area contributed by atoms with Gasteiger partial charge in [-0.05, 0) is 54.4 Å². The van der Waals surface area contributed by atoms with Gasteiger partial charge in [0.1, 0.15) is 18.1 Å². The molecule has 1 atom stereocenters. The SMILES string of the molecule is C[C@@H](Oc1ccc([N+](=O)[O-])cc1)C(=O)N/N=C\c1ccc(OCc2ccccc2)cc1. The van der Waals surface area contributed by atoms with Gasteiger partial charge in [0.05, 0.1) is 11.1 Å². The first-order valence-corrected chi connectivity index (χ1v) is 9.52. The van der Waals surface area contributed by atoms with Gasteiger partial charge in [0, 0.05) is 12.1 Å². The molecule has 1 N–H and O–H groups in total. The van der Waals surface area contributed by atoms with E-state index in [-0.39, 0.29) is 5.69 Å². The predicted molar refractivity (Wildman–Crippen MR) is 116 cm³/mol. The zero-order valence-corrected chi connectivity index (χ0v) is 16.8. The third-order valence-electron chi connectivity index (χ3n) is 4.25. The van der Waals surface area contributed by atoms with Crippen LogP contribution in [0.25, 0.3) is 0 Å². The van der Waals surface area contributed by atoms with Gasteiger partial charge in [-0.3, -0.25) is 14.9 Å². The van der Waals surface area contributed by atoms with Gasteiger partial charge in [-0.2, -0.15) is 5.10 Å². The third kappa shape index (κ3) is 6.67. The largest absolute Gasteiger partial charge is 0.489 e. The molecule has 0 spiro atoms. The van der Waals surface area contributed by atoms with Crippen LogP contribution in [0.1, 0.15) is 18.1 Å². The number of rotatable bonds is 9. The van der Waals surface area contributed by atoms with E-state index in [9.17, 15) is 14.9 Å². The molecular formula is C23H21N3O5. The topological polar surface area (TPSA) is 103 Å². The maximum Gasteiger partial charge on any atom is 0.280 e. The summed E-state index contributed by atoms with van der Waals surface area (Å²) in [7, 11) is 0. The van der Waals surface area contributed by atoms with Crippen molar-refractivity contribution in [3.63, 3.8) is 0 Å². The first-order chi connectivity index (χ1) is 15.0. The zero-order chi connectivity index (χ0) is 22.1. The van der Waals surface area contributed by atoms with E-state index in [1.165, 1.54) is 30.5 Å². The number of hydrogen-bond donors (Lipinski definition) is 1. The lowest BCUT2D eigenvalue weighted by Gasteiger charge is -2.12. The number of carbonyl (C=O) groups excluding carboxylic acids is 1. The van der Waals surface area contributed by atoms with Crippen LogP contribution in [0.2, 0.25) is 0 Å². The standard InChI is InChI=1S/C23H21N3O5/c1-17(31-22-13-9-20(10-14-22)26(28)29)23(27)25-24-15-18-7-11-21(12-8-18)30-16-19-5-3-2-4-6-19/h2-15,17H,16H2,1H3,(H,25,27)/b24-15-/t17-/m1/s1. The van der Waals surface area contributed by atoms with E-state index in [1.54, 1.807) is 6.92 Å². The Balaban J connectivity index is 1.45. The maximum atomic E-state index is 12.1. The number of amides is 1. The number of nitrogens with one attached hydrogen (secondary N) is 1. The quantitative estimate of drug-likeness (QED) is 0.320. The van der Waals surface area contributed by atoms with E-state index >= 15 is 0 Å². The van der Waals surface area contributed by atoms with Crippen molar-refractivity contribution in [1.82, 2.24) is 5.43 Å². The minimum Gasteiger partial charge on any atom is -0.489 e. The Hall–Kier alpha value is -4.20. The average molecular weight is 419 g/mol. The van der Waals surface area contributed by atoms with Gasteiger partial charge >= 0.3 is 0 Å². The zero-order valence-electron chi connectivity index (χ0n) is 16.8. The molecule has 0 aliphatic carbocycles. The highest BCUT2D eigenvalue weighted by molar-refractivity contribution is 5.84. The summed E-state index contributed by atoms with van der Waals surface area (Å²) >= 11 is 0. The molecule has 0 aliphatic heterocycles. The van der Waals surface area contributed by atoms with Crippen molar-refractivity contribution in [3.05, 3.63) is 100 Å². The predicted octanol–water partition coefficient (Wildman–Crippen LogP) is 4.09. The smallest absolute Gasteiger partial charge is 0.280 e. The Labute approximate surface area is 179 Å². The summed E-state index contributed by atoms with van der Waals surface area (Å²) in [5.41, 5.74) is 4.23. The molecule has 0 heterocycles. The van der Waals surface area contributed by atoms with Crippen molar-refractivity contribution < 1.29 is 19.2 Å². The average Bonchev–Trinajstić information content (AvgIpc) is 2.79. The lowest BCUT2D eigenvalue weighted by Crippen LogP contribution is -2.33. The fraction of sp³-hybridized carbons (Fsp3) is 0.130. The van der Waals surface area contributed by atoms with E-state index in [0.717, 1.165) is 16.9 Å². The highest BCUT2D eigenvalue weighted by Crippen LogP contribution is 2.18. The first-order valence-electron chi connectivity index (χ1n) is 9.52. The van der Waals surface area contributed by atoms with Crippen LogP contribution in [-0.4, -0.2) is 23.1 Å². The van der Waals surface area contributed by atoms with Crippen molar-refractivity contribution in [2.24, 2.45) is 5.10 Å². The highest BCUT2D eigenvalue weighted by atomic mass is 16.6. The molecule has 3 aromatic rings. The maximum absolute atomic E-state index is 12.1. The van der Waals surface area contributed by atoms with Crippen LogP contribution in [-0.2, 0) is 11.4 Å². The number of nitrogens with zero attached hydrogens (tertiary/aromatic N) is 2. The van der Waals surface area contributed by atoms with Gasteiger partial charge in [-0.1, -0.05) is 30.3 Å². The number of non-ortho nitro benzene ring substituents is 1. The van der Waals surface area contributed by atoms with Crippen LogP contribution in [0.5, 0.6) is 11.5 Å². The van der Waals surface area contributed by atoms with Crippen molar-refractivity contribution in [3.8, 4) is 11.5 Å². The van der Waals surface area contributed by atoms with E-state index in [1.807, 2.05) is 54.6 Å². The number of nitro benzene ring substituents is 1. The molecule has 3 rings (SSSR count). The van der Waals surface area contributed by atoms with E-state index in [0.29, 0.717) is 12.4 Å². The number of hydrazone groups is 1. The Morgan fingerprint density at radius 1 is 1.03 bits per heavy atom. The molecule has 8 nitrogen and oxygen atoms in total. The Morgan fingerprint density at radius 3 is 2.32 bits per heavy atom. The van der Waals surface area contributed by atoms with Crippen LogP contribution < -0.4 is 14.9 Å². The molecule has 0 aromatic heterocycles. The molecule has 1 amide bonds. The summed E-state index contributed by atoms with van der Waals surface area (Å²) in [5, 5.41) is 14.6. The van der Waals surface area contributed by atoms with Gasteiger partial charge in [0.2, 0.25) is 0 Å².